The number of alkyl halides is 3. The van der Waals surface area contributed by atoms with Crippen LogP contribution in [0.2, 0.25) is 0 Å². The average molecular weight is 323 g/mol. The molecule has 1 aromatic rings. The summed E-state index contributed by atoms with van der Waals surface area (Å²) in [6.07, 6.45) is -5.13. The van der Waals surface area contributed by atoms with Gasteiger partial charge in [0.25, 0.3) is 0 Å². The van der Waals surface area contributed by atoms with Crippen LogP contribution in [0.5, 0.6) is 0 Å². The molecule has 0 spiro atoms. The first kappa shape index (κ1) is 17.8. The number of hydrogen-bond acceptors (Lipinski definition) is 5. The van der Waals surface area contributed by atoms with Gasteiger partial charge in [-0.05, 0) is 20.8 Å². The van der Waals surface area contributed by atoms with Gasteiger partial charge in [-0.3, -0.25) is 0 Å². The second-order valence-corrected chi connectivity index (χ2v) is 5.28. The van der Waals surface area contributed by atoms with Crippen LogP contribution in [0.3, 0.4) is 0 Å². The maximum Gasteiger partial charge on any atom is 0.432 e. The predicted octanol–water partition coefficient (Wildman–Crippen LogP) is 2.17. The minimum Gasteiger partial charge on any atom is -0.467 e. The van der Waals surface area contributed by atoms with Crippen LogP contribution in [-0.2, 0) is 20.4 Å². The zero-order valence-corrected chi connectivity index (χ0v) is 12.4. The Morgan fingerprint density at radius 2 is 1.91 bits per heavy atom. The van der Waals surface area contributed by atoms with Crippen LogP contribution in [0, 0.1) is 0 Å². The molecule has 124 valence electrons. The van der Waals surface area contributed by atoms with Crippen LogP contribution in [0.15, 0.2) is 6.20 Å². The molecule has 0 saturated carbocycles. The van der Waals surface area contributed by atoms with E-state index in [0.29, 0.717) is 6.20 Å². The number of hydrogen-bond donors (Lipinski definition) is 2. The minimum absolute atomic E-state index is 0.412. The molecule has 0 aliphatic rings. The fraction of sp³-hybridized carbons (Fsp3) is 0.583. The summed E-state index contributed by atoms with van der Waals surface area (Å²) < 4.78 is 47.0. The lowest BCUT2D eigenvalue weighted by Crippen LogP contribution is -2.39. The molecule has 0 unspecified atom stereocenters. The molecule has 0 aromatic carbocycles. The zero-order valence-electron chi connectivity index (χ0n) is 12.4. The van der Waals surface area contributed by atoms with Crippen LogP contribution in [0.4, 0.5) is 18.0 Å². The van der Waals surface area contributed by atoms with Crippen molar-refractivity contribution in [1.29, 1.82) is 0 Å². The molecule has 0 saturated heterocycles. The van der Waals surface area contributed by atoms with E-state index in [1.54, 1.807) is 20.8 Å². The third-order valence-electron chi connectivity index (χ3n) is 2.27. The molecule has 2 N–H and O–H groups in total. The van der Waals surface area contributed by atoms with Crippen LogP contribution >= 0.6 is 0 Å². The molecule has 0 radical (unpaired) electrons. The maximum atomic E-state index is 12.5. The smallest absolute Gasteiger partial charge is 0.432 e. The lowest BCUT2D eigenvalue weighted by atomic mass is 10.2. The quantitative estimate of drug-likeness (QED) is 0.832. The number of nitrogens with zero attached hydrogens (tertiary/aromatic N) is 1. The number of carbonyl (C=O) groups excluding carboxylic acids is 2. The molecule has 0 aliphatic carbocycles. The van der Waals surface area contributed by atoms with E-state index in [-0.39, 0.29) is 0 Å². The molecule has 1 atom stereocenters. The largest absolute Gasteiger partial charge is 0.467 e. The molecule has 0 aliphatic heterocycles. The number of halogens is 3. The van der Waals surface area contributed by atoms with E-state index in [1.807, 2.05) is 4.98 Å². The summed E-state index contributed by atoms with van der Waals surface area (Å²) in [4.78, 5) is 28.7. The van der Waals surface area contributed by atoms with Crippen LogP contribution in [-0.4, -0.2) is 34.7 Å². The van der Waals surface area contributed by atoms with Crippen molar-refractivity contribution in [3.63, 3.8) is 0 Å². The Kier molecular flexibility index (Phi) is 5.05. The molecule has 1 aromatic heterocycles. The number of alkyl carbamates (subject to hydrolysis) is 1. The van der Waals surface area contributed by atoms with Gasteiger partial charge < -0.3 is 19.8 Å². The third-order valence-corrected chi connectivity index (χ3v) is 2.27. The first-order valence-electron chi connectivity index (χ1n) is 6.13. The Bertz CT molecular complexity index is 549. The van der Waals surface area contributed by atoms with E-state index < -0.39 is 41.4 Å². The molecule has 0 bridgehead atoms. The topological polar surface area (TPSA) is 93.3 Å². The van der Waals surface area contributed by atoms with E-state index in [0.717, 1.165) is 7.11 Å². The normalized spacial score (nSPS) is 13.4. The van der Waals surface area contributed by atoms with Crippen molar-refractivity contribution in [3.05, 3.63) is 17.7 Å². The number of carbonyl (C=O) groups is 2. The minimum atomic E-state index is -4.65. The van der Waals surface area contributed by atoms with Gasteiger partial charge in [-0.25, -0.2) is 14.6 Å². The highest BCUT2D eigenvalue weighted by Gasteiger charge is 2.36. The number of aromatic amines is 1. The van der Waals surface area contributed by atoms with E-state index >= 15 is 0 Å². The van der Waals surface area contributed by atoms with Gasteiger partial charge >= 0.3 is 18.2 Å². The number of nitrogens with one attached hydrogen (secondary N) is 2. The first-order valence-corrected chi connectivity index (χ1v) is 6.13. The number of aromatic nitrogens is 2. The SMILES string of the molecule is COC(=O)[C@@H](NC(=O)OC(C)(C)C)c1ncc(C(F)(F)F)[nH]1. The molecule has 22 heavy (non-hydrogen) atoms. The van der Waals surface area contributed by atoms with E-state index in [1.165, 1.54) is 0 Å². The molecule has 0 fully saturated rings. The van der Waals surface area contributed by atoms with Gasteiger partial charge in [0, 0.05) is 0 Å². The number of amides is 1. The number of H-pyrrole nitrogens is 1. The van der Waals surface area contributed by atoms with E-state index in [9.17, 15) is 22.8 Å². The molecular weight excluding hydrogens is 307 g/mol. The van der Waals surface area contributed by atoms with Crippen LogP contribution in [0.1, 0.15) is 38.3 Å². The van der Waals surface area contributed by atoms with Crippen molar-refractivity contribution >= 4 is 12.1 Å². The maximum absolute atomic E-state index is 12.5. The number of methoxy groups -OCH3 is 1. The summed E-state index contributed by atoms with van der Waals surface area (Å²) in [6, 6.07) is -1.55. The highest BCUT2D eigenvalue weighted by atomic mass is 19.4. The zero-order chi connectivity index (χ0) is 17.1. The number of imidazole rings is 1. The Hall–Kier alpha value is -2.26. The Morgan fingerprint density at radius 3 is 2.32 bits per heavy atom. The Morgan fingerprint density at radius 1 is 1.32 bits per heavy atom. The van der Waals surface area contributed by atoms with Crippen molar-refractivity contribution in [2.45, 2.75) is 38.6 Å². The van der Waals surface area contributed by atoms with Crippen molar-refractivity contribution in [2.75, 3.05) is 7.11 Å². The summed E-state index contributed by atoms with van der Waals surface area (Å²) in [5.41, 5.74) is -1.99. The predicted molar refractivity (Wildman–Crippen MR) is 67.7 cm³/mol. The fourth-order valence-electron chi connectivity index (χ4n) is 1.41. The highest BCUT2D eigenvalue weighted by molar-refractivity contribution is 5.81. The van der Waals surface area contributed by atoms with Gasteiger partial charge in [0.05, 0.1) is 13.3 Å². The lowest BCUT2D eigenvalue weighted by Gasteiger charge is -2.21. The van der Waals surface area contributed by atoms with Gasteiger partial charge in [0.2, 0.25) is 0 Å². The molecule has 7 nitrogen and oxygen atoms in total. The second-order valence-electron chi connectivity index (χ2n) is 5.28. The number of esters is 1. The van der Waals surface area contributed by atoms with Crippen molar-refractivity contribution in [1.82, 2.24) is 15.3 Å². The first-order chi connectivity index (χ1) is 9.94. The average Bonchev–Trinajstić information content (AvgIpc) is 2.81. The summed E-state index contributed by atoms with van der Waals surface area (Å²) in [5.74, 6) is -1.40. The van der Waals surface area contributed by atoms with Crippen molar-refractivity contribution < 1.29 is 32.2 Å². The van der Waals surface area contributed by atoms with E-state index in [4.69, 9.17) is 4.74 Å². The van der Waals surface area contributed by atoms with Gasteiger partial charge in [-0.2, -0.15) is 13.2 Å². The Labute approximate surface area is 124 Å². The fourth-order valence-corrected chi connectivity index (χ4v) is 1.41. The molecule has 10 heteroatoms. The molecule has 1 amide bonds. The van der Waals surface area contributed by atoms with Gasteiger partial charge in [0.15, 0.2) is 6.04 Å². The van der Waals surface area contributed by atoms with Gasteiger partial charge in [0.1, 0.15) is 17.1 Å². The molecule has 1 heterocycles. The lowest BCUT2D eigenvalue weighted by molar-refractivity contribution is -0.144. The van der Waals surface area contributed by atoms with E-state index in [2.05, 4.69) is 15.0 Å². The van der Waals surface area contributed by atoms with Gasteiger partial charge in [-0.1, -0.05) is 0 Å². The summed E-state index contributed by atoms with van der Waals surface area (Å²) in [6.45, 7) is 4.77. The second kappa shape index (κ2) is 6.24. The Balaban J connectivity index is 2.97. The highest BCUT2D eigenvalue weighted by Crippen LogP contribution is 2.28. The molecular formula is C12H16F3N3O4. The van der Waals surface area contributed by atoms with Crippen molar-refractivity contribution in [2.24, 2.45) is 0 Å². The summed E-state index contributed by atoms with van der Waals surface area (Å²) in [5, 5.41) is 2.11. The number of ether oxygens (including phenoxy) is 2. The summed E-state index contributed by atoms with van der Waals surface area (Å²) in [7, 11) is 1.03. The molecule has 1 rings (SSSR count). The summed E-state index contributed by atoms with van der Waals surface area (Å²) >= 11 is 0. The standard InChI is InChI=1S/C12H16F3N3O4/c1-11(2,3)22-10(20)18-7(9(19)21-4)8-16-5-6(17-8)12(13,14)15/h5,7H,1-4H3,(H,16,17)(H,18,20)/t7-/m0/s1. The van der Waals surface area contributed by atoms with Gasteiger partial charge in [-0.15, -0.1) is 0 Å². The third kappa shape index (κ3) is 4.93. The number of rotatable bonds is 3. The monoisotopic (exact) mass is 323 g/mol. The van der Waals surface area contributed by atoms with Crippen LogP contribution in [0.25, 0.3) is 0 Å². The van der Waals surface area contributed by atoms with Crippen molar-refractivity contribution in [3.8, 4) is 0 Å². The van der Waals surface area contributed by atoms with Crippen LogP contribution < -0.4 is 5.32 Å².